The highest BCUT2D eigenvalue weighted by molar-refractivity contribution is 5.94. The minimum atomic E-state index is -0.147. The summed E-state index contributed by atoms with van der Waals surface area (Å²) in [4.78, 5) is 18.8. The molecule has 0 aliphatic carbocycles. The zero-order chi connectivity index (χ0) is 18.7. The molecule has 1 aromatic heterocycles. The molecule has 0 bridgehead atoms. The molecule has 2 aliphatic rings. The number of aromatic nitrogens is 1. The van der Waals surface area contributed by atoms with E-state index in [9.17, 15) is 4.79 Å². The summed E-state index contributed by atoms with van der Waals surface area (Å²) in [5.41, 5.74) is 8.70. The molecule has 0 spiro atoms. The van der Waals surface area contributed by atoms with Crippen molar-refractivity contribution >= 4 is 5.91 Å². The van der Waals surface area contributed by atoms with Crippen LogP contribution in [0.1, 0.15) is 27.9 Å². The zero-order valence-electron chi connectivity index (χ0n) is 15.4. The second-order valence-corrected chi connectivity index (χ2v) is 7.51. The van der Waals surface area contributed by atoms with E-state index in [4.69, 9.17) is 10.5 Å². The Labute approximate surface area is 159 Å². The fraction of sp³-hybridized carbons (Fsp3) is 0.429. The number of hydrogen-bond acceptors (Lipinski definition) is 5. The summed E-state index contributed by atoms with van der Waals surface area (Å²) in [6.45, 7) is 4.68. The molecule has 6 heteroatoms. The molecule has 1 aromatic carbocycles. The molecule has 4 rings (SSSR count). The predicted octanol–water partition coefficient (Wildman–Crippen LogP) is 1.56. The lowest BCUT2D eigenvalue weighted by Crippen LogP contribution is -2.44. The maximum absolute atomic E-state index is 12.3. The Morgan fingerprint density at radius 3 is 2.85 bits per heavy atom. The van der Waals surface area contributed by atoms with Gasteiger partial charge in [-0.3, -0.25) is 14.7 Å². The van der Waals surface area contributed by atoms with Crippen LogP contribution in [0, 0.1) is 5.92 Å². The molecular weight excluding hydrogens is 340 g/mol. The minimum absolute atomic E-state index is 0.0726. The Morgan fingerprint density at radius 2 is 2.15 bits per heavy atom. The molecule has 6 nitrogen and oxygen atoms in total. The van der Waals surface area contributed by atoms with Gasteiger partial charge in [-0.05, 0) is 35.7 Å². The van der Waals surface area contributed by atoms with Gasteiger partial charge in [-0.25, -0.2) is 0 Å². The summed E-state index contributed by atoms with van der Waals surface area (Å²) in [5.74, 6) is 0.469. The highest BCUT2D eigenvalue weighted by Gasteiger charge is 2.49. The summed E-state index contributed by atoms with van der Waals surface area (Å²) < 4.78 is 5.97. The Hall–Kier alpha value is -2.28. The summed E-state index contributed by atoms with van der Waals surface area (Å²) in [6, 6.07) is 11.6. The molecule has 0 radical (unpaired) electrons. The van der Waals surface area contributed by atoms with Gasteiger partial charge in [-0.2, -0.15) is 0 Å². The number of fused-ring (bicyclic) bond motifs is 1. The highest BCUT2D eigenvalue weighted by atomic mass is 16.5. The van der Waals surface area contributed by atoms with Crippen molar-refractivity contribution in [3.63, 3.8) is 0 Å². The molecule has 2 saturated heterocycles. The maximum atomic E-state index is 12.3. The number of likely N-dealkylation sites (tertiary alicyclic amines) is 1. The number of ether oxygens (including phenoxy) is 1. The maximum Gasteiger partial charge on any atom is 0.251 e. The number of amides is 1. The summed E-state index contributed by atoms with van der Waals surface area (Å²) in [6.07, 6.45) is 4.58. The number of carbonyl (C=O) groups is 1. The molecule has 0 saturated carbocycles. The van der Waals surface area contributed by atoms with Crippen LogP contribution >= 0.6 is 0 Å². The van der Waals surface area contributed by atoms with E-state index in [0.717, 1.165) is 38.2 Å². The Morgan fingerprint density at radius 1 is 1.30 bits per heavy atom. The first kappa shape index (κ1) is 18.1. The number of carbonyl (C=O) groups excluding carboxylic acids is 1. The molecular formula is C21H26N4O2. The van der Waals surface area contributed by atoms with Gasteiger partial charge < -0.3 is 15.8 Å². The van der Waals surface area contributed by atoms with Gasteiger partial charge in [-0.1, -0.05) is 18.2 Å². The molecule has 142 valence electrons. The third-order valence-corrected chi connectivity index (χ3v) is 5.71. The van der Waals surface area contributed by atoms with Crippen LogP contribution in [0.15, 0.2) is 48.8 Å². The van der Waals surface area contributed by atoms with Crippen LogP contribution in [-0.2, 0) is 17.8 Å². The summed E-state index contributed by atoms with van der Waals surface area (Å²) in [7, 11) is 0. The summed E-state index contributed by atoms with van der Waals surface area (Å²) >= 11 is 0. The highest BCUT2D eigenvalue weighted by Crippen LogP contribution is 2.38. The lowest BCUT2D eigenvalue weighted by molar-refractivity contribution is 0.00159. The molecule has 1 amide bonds. The van der Waals surface area contributed by atoms with Gasteiger partial charge in [0.1, 0.15) is 0 Å². The molecule has 2 aliphatic heterocycles. The van der Waals surface area contributed by atoms with E-state index in [1.165, 1.54) is 5.56 Å². The van der Waals surface area contributed by atoms with E-state index in [1.54, 1.807) is 12.4 Å². The minimum Gasteiger partial charge on any atom is -0.372 e. The topological polar surface area (TPSA) is 80.5 Å². The van der Waals surface area contributed by atoms with Crippen molar-refractivity contribution in [1.82, 2.24) is 15.2 Å². The third kappa shape index (κ3) is 3.88. The van der Waals surface area contributed by atoms with E-state index in [0.29, 0.717) is 24.6 Å². The molecule has 27 heavy (non-hydrogen) atoms. The SMILES string of the molecule is NC[C@]12CN(Cc3ccc(C(=O)NCc4cccnc4)cc3)C[C@H]1CCO2. The number of nitrogens with one attached hydrogen (secondary N) is 1. The number of rotatable bonds is 6. The van der Waals surface area contributed by atoms with E-state index in [1.807, 2.05) is 36.4 Å². The van der Waals surface area contributed by atoms with Crippen LogP contribution < -0.4 is 11.1 Å². The van der Waals surface area contributed by atoms with Crippen LogP contribution in [-0.4, -0.2) is 47.6 Å². The average molecular weight is 366 g/mol. The van der Waals surface area contributed by atoms with E-state index in [2.05, 4.69) is 15.2 Å². The smallest absolute Gasteiger partial charge is 0.251 e. The number of nitrogens with two attached hydrogens (primary N) is 1. The largest absolute Gasteiger partial charge is 0.372 e. The van der Waals surface area contributed by atoms with Crippen molar-refractivity contribution in [2.75, 3.05) is 26.2 Å². The van der Waals surface area contributed by atoms with Crippen LogP contribution in [0.4, 0.5) is 0 Å². The first-order valence-electron chi connectivity index (χ1n) is 9.51. The Bertz CT molecular complexity index is 781. The number of hydrogen-bond donors (Lipinski definition) is 2. The second-order valence-electron chi connectivity index (χ2n) is 7.51. The predicted molar refractivity (Wildman–Crippen MR) is 103 cm³/mol. The van der Waals surface area contributed by atoms with Crippen LogP contribution in [0.3, 0.4) is 0 Å². The van der Waals surface area contributed by atoms with E-state index < -0.39 is 0 Å². The van der Waals surface area contributed by atoms with Crippen molar-refractivity contribution < 1.29 is 9.53 Å². The average Bonchev–Trinajstić information content (AvgIpc) is 3.24. The van der Waals surface area contributed by atoms with Gasteiger partial charge >= 0.3 is 0 Å². The zero-order valence-corrected chi connectivity index (χ0v) is 15.4. The number of pyridine rings is 1. The van der Waals surface area contributed by atoms with Gasteiger partial charge in [0.25, 0.3) is 5.91 Å². The summed E-state index contributed by atoms with van der Waals surface area (Å²) in [5, 5.41) is 2.93. The molecule has 2 aromatic rings. The van der Waals surface area contributed by atoms with Crippen LogP contribution in [0.2, 0.25) is 0 Å². The van der Waals surface area contributed by atoms with Gasteiger partial charge in [0.15, 0.2) is 0 Å². The lowest BCUT2D eigenvalue weighted by atomic mass is 9.91. The fourth-order valence-corrected chi connectivity index (χ4v) is 4.19. The Kier molecular flexibility index (Phi) is 5.20. The molecule has 3 heterocycles. The van der Waals surface area contributed by atoms with Crippen molar-refractivity contribution in [2.45, 2.75) is 25.1 Å². The first-order chi connectivity index (χ1) is 13.2. The van der Waals surface area contributed by atoms with Crippen molar-refractivity contribution in [1.29, 1.82) is 0 Å². The molecule has 0 unspecified atom stereocenters. The normalized spacial score (nSPS) is 24.7. The monoisotopic (exact) mass is 366 g/mol. The van der Waals surface area contributed by atoms with E-state index in [-0.39, 0.29) is 11.5 Å². The van der Waals surface area contributed by atoms with Gasteiger partial charge in [0.05, 0.1) is 5.60 Å². The molecule has 2 fully saturated rings. The standard InChI is InChI=1S/C21H26N4O2/c22-14-21-15-25(13-19(21)7-9-27-21)12-16-3-5-18(6-4-16)20(26)24-11-17-2-1-8-23-10-17/h1-6,8,10,19H,7,9,11-15,22H2,(H,24,26)/t19-,21+/m1/s1. The van der Waals surface area contributed by atoms with Gasteiger partial charge in [-0.15, -0.1) is 0 Å². The fourth-order valence-electron chi connectivity index (χ4n) is 4.19. The quantitative estimate of drug-likeness (QED) is 0.811. The molecule has 3 N–H and O–H groups in total. The first-order valence-corrected chi connectivity index (χ1v) is 9.51. The number of benzene rings is 1. The van der Waals surface area contributed by atoms with E-state index >= 15 is 0 Å². The second kappa shape index (κ2) is 7.76. The lowest BCUT2D eigenvalue weighted by Gasteiger charge is -2.26. The van der Waals surface area contributed by atoms with Gasteiger partial charge in [0, 0.05) is 63.2 Å². The van der Waals surface area contributed by atoms with Crippen molar-refractivity contribution in [3.05, 3.63) is 65.5 Å². The van der Waals surface area contributed by atoms with Gasteiger partial charge in [0.2, 0.25) is 0 Å². The van der Waals surface area contributed by atoms with Crippen LogP contribution in [0.25, 0.3) is 0 Å². The third-order valence-electron chi connectivity index (χ3n) is 5.71. The Balaban J connectivity index is 1.32. The molecule has 2 atom stereocenters. The van der Waals surface area contributed by atoms with Crippen molar-refractivity contribution in [2.24, 2.45) is 11.7 Å². The van der Waals surface area contributed by atoms with Crippen LogP contribution in [0.5, 0.6) is 0 Å². The van der Waals surface area contributed by atoms with Crippen molar-refractivity contribution in [3.8, 4) is 0 Å². The number of nitrogens with zero attached hydrogens (tertiary/aromatic N) is 2.